The van der Waals surface area contributed by atoms with Gasteiger partial charge in [0.1, 0.15) is 0 Å². The Morgan fingerprint density at radius 3 is 2.11 bits per heavy atom. The Bertz CT molecular complexity index is 341. The Morgan fingerprint density at radius 1 is 1.17 bits per heavy atom. The van der Waals surface area contributed by atoms with Crippen LogP contribution in [-0.4, -0.2) is 0 Å². The summed E-state index contributed by atoms with van der Waals surface area (Å²) in [5.74, 6) is 1.42. The first-order valence-electron chi connectivity index (χ1n) is 7.49. The highest BCUT2D eigenvalue weighted by atomic mass is 14.4. The van der Waals surface area contributed by atoms with E-state index < -0.39 is 0 Å². The largest absolute Gasteiger partial charge is 0.0802 e. The van der Waals surface area contributed by atoms with Crippen LogP contribution in [0, 0.1) is 22.7 Å². The Labute approximate surface area is 115 Å². The van der Waals surface area contributed by atoms with Crippen LogP contribution in [0.1, 0.15) is 68.2 Å². The molecule has 0 saturated carbocycles. The van der Waals surface area contributed by atoms with Crippen LogP contribution in [0.25, 0.3) is 0 Å². The van der Waals surface area contributed by atoms with Gasteiger partial charge in [-0.25, -0.2) is 0 Å². The summed E-state index contributed by atoms with van der Waals surface area (Å²) in [6.07, 6.45) is 7.44. The normalized spacial score (nSPS) is 23.4. The average molecular weight is 248 g/mol. The van der Waals surface area contributed by atoms with Crippen LogP contribution in [0.3, 0.4) is 0 Å². The topological polar surface area (TPSA) is 0 Å². The Morgan fingerprint density at radius 2 is 1.72 bits per heavy atom. The fourth-order valence-corrected chi connectivity index (χ4v) is 2.82. The van der Waals surface area contributed by atoms with Crippen LogP contribution in [0.5, 0.6) is 0 Å². The molecule has 0 spiro atoms. The minimum atomic E-state index is 0.279. The molecule has 0 bridgehead atoms. The maximum absolute atomic E-state index is 2.51. The second-order valence-corrected chi connectivity index (χ2v) is 8.02. The summed E-state index contributed by atoms with van der Waals surface area (Å²) in [4.78, 5) is 0. The van der Waals surface area contributed by atoms with Crippen molar-refractivity contribution in [1.29, 1.82) is 0 Å². The Kier molecular flexibility index (Phi) is 4.51. The van der Waals surface area contributed by atoms with Gasteiger partial charge in [-0.2, -0.15) is 0 Å². The molecule has 18 heavy (non-hydrogen) atoms. The van der Waals surface area contributed by atoms with Crippen molar-refractivity contribution in [1.82, 2.24) is 0 Å². The van der Waals surface area contributed by atoms with Gasteiger partial charge in [-0.1, -0.05) is 73.1 Å². The number of hydrogen-bond acceptors (Lipinski definition) is 0. The van der Waals surface area contributed by atoms with Crippen LogP contribution in [0.15, 0.2) is 23.3 Å². The first kappa shape index (κ1) is 15.5. The minimum Gasteiger partial charge on any atom is -0.0802 e. The van der Waals surface area contributed by atoms with Gasteiger partial charge in [-0.05, 0) is 41.1 Å². The summed E-state index contributed by atoms with van der Waals surface area (Å²) in [7, 11) is 0. The van der Waals surface area contributed by atoms with Crippen molar-refractivity contribution in [2.24, 2.45) is 22.7 Å². The van der Waals surface area contributed by atoms with Gasteiger partial charge in [-0.15, -0.1) is 0 Å². The molecule has 0 nitrogen and oxygen atoms in total. The van der Waals surface area contributed by atoms with E-state index in [2.05, 4.69) is 67.5 Å². The van der Waals surface area contributed by atoms with Crippen molar-refractivity contribution in [2.75, 3.05) is 0 Å². The molecule has 0 aromatic carbocycles. The smallest absolute Gasteiger partial charge is 0.0114 e. The van der Waals surface area contributed by atoms with E-state index in [0.717, 1.165) is 0 Å². The molecule has 104 valence electrons. The first-order valence-corrected chi connectivity index (χ1v) is 7.49. The van der Waals surface area contributed by atoms with Gasteiger partial charge >= 0.3 is 0 Å². The predicted molar refractivity (Wildman–Crippen MR) is 82.6 cm³/mol. The highest BCUT2D eigenvalue weighted by Gasteiger charge is 2.32. The molecule has 0 radical (unpaired) electrons. The van der Waals surface area contributed by atoms with Crippen molar-refractivity contribution in [3.63, 3.8) is 0 Å². The zero-order valence-corrected chi connectivity index (χ0v) is 13.7. The van der Waals surface area contributed by atoms with Crippen molar-refractivity contribution in [2.45, 2.75) is 68.2 Å². The molecule has 0 N–H and O–H groups in total. The van der Waals surface area contributed by atoms with Gasteiger partial charge in [0.05, 0.1) is 0 Å². The summed E-state index contributed by atoms with van der Waals surface area (Å²) >= 11 is 0. The molecule has 2 atom stereocenters. The summed E-state index contributed by atoms with van der Waals surface area (Å²) in [5, 5.41) is 0. The minimum absolute atomic E-state index is 0.279. The summed E-state index contributed by atoms with van der Waals surface area (Å²) in [5.41, 5.74) is 3.85. The number of allylic oxidation sites excluding steroid dienone is 4. The van der Waals surface area contributed by atoms with Gasteiger partial charge in [0.25, 0.3) is 0 Å². The third-order valence-electron chi connectivity index (χ3n) is 4.39. The molecule has 0 heterocycles. The van der Waals surface area contributed by atoms with E-state index in [1.165, 1.54) is 18.4 Å². The summed E-state index contributed by atoms with van der Waals surface area (Å²) < 4.78 is 0. The van der Waals surface area contributed by atoms with Crippen LogP contribution < -0.4 is 0 Å². The van der Waals surface area contributed by atoms with Gasteiger partial charge < -0.3 is 0 Å². The van der Waals surface area contributed by atoms with Gasteiger partial charge in [0.2, 0.25) is 0 Å². The lowest BCUT2D eigenvalue weighted by Crippen LogP contribution is -2.28. The average Bonchev–Trinajstić information content (AvgIpc) is 2.24. The van der Waals surface area contributed by atoms with Crippen molar-refractivity contribution < 1.29 is 0 Å². The molecule has 2 unspecified atom stereocenters. The lowest BCUT2D eigenvalue weighted by atomic mass is 9.66. The van der Waals surface area contributed by atoms with E-state index in [1.807, 2.05) is 0 Å². The molecule has 1 aliphatic rings. The third-order valence-corrected chi connectivity index (χ3v) is 4.39. The molecule has 1 aliphatic carbocycles. The monoisotopic (exact) mass is 248 g/mol. The first-order chi connectivity index (χ1) is 8.07. The van der Waals surface area contributed by atoms with Crippen LogP contribution >= 0.6 is 0 Å². The highest BCUT2D eigenvalue weighted by molar-refractivity contribution is 5.35. The van der Waals surface area contributed by atoms with Crippen LogP contribution in [0.4, 0.5) is 0 Å². The number of rotatable bonds is 2. The van der Waals surface area contributed by atoms with E-state index in [9.17, 15) is 0 Å². The van der Waals surface area contributed by atoms with E-state index in [0.29, 0.717) is 17.3 Å². The molecule has 0 heteroatoms. The summed E-state index contributed by atoms with van der Waals surface area (Å²) in [6, 6.07) is 0. The SMILES string of the molecule is CCC(C)C1=CC(C(C)(C)C)=CCC1C(C)(C)C. The van der Waals surface area contributed by atoms with Gasteiger partial charge in [-0.3, -0.25) is 0 Å². The van der Waals surface area contributed by atoms with E-state index >= 15 is 0 Å². The second-order valence-electron chi connectivity index (χ2n) is 8.02. The Hall–Kier alpha value is -0.520. The van der Waals surface area contributed by atoms with Crippen molar-refractivity contribution in [3.8, 4) is 0 Å². The Balaban J connectivity index is 3.12. The fourth-order valence-electron chi connectivity index (χ4n) is 2.82. The highest BCUT2D eigenvalue weighted by Crippen LogP contribution is 2.44. The lowest BCUT2D eigenvalue weighted by Gasteiger charge is -2.39. The molecular weight excluding hydrogens is 216 g/mol. The van der Waals surface area contributed by atoms with E-state index in [-0.39, 0.29) is 5.41 Å². The second kappa shape index (κ2) is 5.23. The lowest BCUT2D eigenvalue weighted by molar-refractivity contribution is 0.258. The molecule has 0 aromatic rings. The third kappa shape index (κ3) is 3.49. The van der Waals surface area contributed by atoms with Crippen LogP contribution in [-0.2, 0) is 0 Å². The molecule has 1 rings (SSSR count). The summed E-state index contributed by atoms with van der Waals surface area (Å²) in [6.45, 7) is 18.8. The zero-order valence-electron chi connectivity index (χ0n) is 13.7. The standard InChI is InChI=1S/C18H32/c1-9-13(2)15-12-14(17(3,4)5)10-11-16(15)18(6,7)8/h10,12-13,16H,9,11H2,1-8H3. The fraction of sp³-hybridized carbons (Fsp3) is 0.778. The maximum Gasteiger partial charge on any atom is -0.0114 e. The molecule has 0 fully saturated rings. The molecule has 0 saturated heterocycles. The zero-order chi connectivity index (χ0) is 14.1. The van der Waals surface area contributed by atoms with Crippen molar-refractivity contribution >= 4 is 0 Å². The van der Waals surface area contributed by atoms with E-state index in [1.54, 1.807) is 5.57 Å². The van der Waals surface area contributed by atoms with Gasteiger partial charge in [0.15, 0.2) is 0 Å². The quantitative estimate of drug-likeness (QED) is 0.562. The van der Waals surface area contributed by atoms with E-state index in [4.69, 9.17) is 0 Å². The molecular formula is C18H32. The van der Waals surface area contributed by atoms with Crippen molar-refractivity contribution in [3.05, 3.63) is 23.3 Å². The molecule has 0 aromatic heterocycles. The molecule has 0 amide bonds. The molecule has 0 aliphatic heterocycles. The number of hydrogen-bond donors (Lipinski definition) is 0. The maximum atomic E-state index is 2.51. The van der Waals surface area contributed by atoms with Crippen LogP contribution in [0.2, 0.25) is 0 Å². The van der Waals surface area contributed by atoms with Gasteiger partial charge in [0, 0.05) is 0 Å². The predicted octanol–water partition coefficient (Wildman–Crippen LogP) is 6.00.